The summed E-state index contributed by atoms with van der Waals surface area (Å²) in [6.07, 6.45) is 12.2. The lowest BCUT2D eigenvalue weighted by Gasteiger charge is -2.41. The molecule has 6 atom stereocenters. The molecule has 5 aliphatic rings. The standard InChI is InChI=1S/C45H61N9O7/c1-5-13-31(36(55)41(59)48-30-19-20-30)49-39(57)34-24-45(53-23-12-18-33(53)42(60)54(45)26-28-14-8-6-9-15-28)27-52(34)43(61)37(44(2,3)4)51-40(58)35(29-16-10-7-11-17-29)50-38(56)32-25-46-21-22-47-32/h6,8-9,14-15,21-22,25,29-31,33-35,37H,5,7,10-13,16-20,23-24,26-27H2,1-4H3,(H,48,59)(H,49,57)(H,50,56)(H,51,58)/t31?,33-,34+,35+,37-,45?/m1/s1. The van der Waals surface area contributed by atoms with Gasteiger partial charge >= 0.3 is 0 Å². The van der Waals surface area contributed by atoms with Gasteiger partial charge in [-0.25, -0.2) is 4.98 Å². The maximum atomic E-state index is 15.4. The zero-order valence-corrected chi connectivity index (χ0v) is 35.9. The van der Waals surface area contributed by atoms with Crippen molar-refractivity contribution >= 4 is 41.2 Å². The van der Waals surface area contributed by atoms with Crippen LogP contribution in [0.15, 0.2) is 48.9 Å². The van der Waals surface area contributed by atoms with Gasteiger partial charge in [0.2, 0.25) is 29.4 Å². The summed E-state index contributed by atoms with van der Waals surface area (Å²) in [4.78, 5) is 113. The Balaban J connectivity index is 1.22. The maximum Gasteiger partial charge on any atom is 0.289 e. The fourth-order valence-electron chi connectivity index (χ4n) is 9.80. The molecule has 7 rings (SSSR count). The fraction of sp³-hybridized carbons (Fsp3) is 0.622. The van der Waals surface area contributed by atoms with E-state index < -0.39 is 76.6 Å². The highest BCUT2D eigenvalue weighted by molar-refractivity contribution is 6.38. The van der Waals surface area contributed by atoms with Gasteiger partial charge in [-0.15, -0.1) is 0 Å². The van der Waals surface area contributed by atoms with Gasteiger partial charge in [0.1, 0.15) is 29.5 Å². The highest BCUT2D eigenvalue weighted by atomic mass is 16.2. The van der Waals surface area contributed by atoms with Crippen LogP contribution in [0.1, 0.15) is 121 Å². The van der Waals surface area contributed by atoms with E-state index in [0.717, 1.165) is 44.1 Å². The lowest BCUT2D eigenvalue weighted by Crippen LogP contribution is -2.62. The molecule has 3 saturated heterocycles. The molecule has 1 aromatic heterocycles. The Morgan fingerprint density at radius 2 is 1.64 bits per heavy atom. The lowest BCUT2D eigenvalue weighted by molar-refractivity contribution is -0.145. The minimum absolute atomic E-state index is 0.0224. The number of hydrogen-bond donors (Lipinski definition) is 4. The molecule has 0 radical (unpaired) electrons. The summed E-state index contributed by atoms with van der Waals surface area (Å²) >= 11 is 0. The number of rotatable bonds is 15. The molecule has 328 valence electrons. The van der Waals surface area contributed by atoms with E-state index in [0.29, 0.717) is 32.2 Å². The molecule has 2 aromatic rings. The summed E-state index contributed by atoms with van der Waals surface area (Å²) in [7, 11) is 0. The fourth-order valence-corrected chi connectivity index (χ4v) is 9.80. The van der Waals surface area contributed by atoms with Gasteiger partial charge in [-0.2, -0.15) is 0 Å². The first-order chi connectivity index (χ1) is 29.2. The van der Waals surface area contributed by atoms with E-state index >= 15 is 4.79 Å². The molecule has 0 bridgehead atoms. The van der Waals surface area contributed by atoms with Gasteiger partial charge in [0, 0.05) is 37.9 Å². The average molecular weight is 840 g/mol. The second-order valence-corrected chi connectivity index (χ2v) is 18.6. The first-order valence-electron chi connectivity index (χ1n) is 22.2. The zero-order chi connectivity index (χ0) is 43.5. The summed E-state index contributed by atoms with van der Waals surface area (Å²) in [5.41, 5.74) is -0.995. The molecule has 1 aromatic carbocycles. The number of fused-ring (bicyclic) bond motifs is 2. The van der Waals surface area contributed by atoms with E-state index in [9.17, 15) is 28.8 Å². The number of ketones is 1. The first-order valence-corrected chi connectivity index (χ1v) is 22.2. The number of likely N-dealkylation sites (tertiary alicyclic amines) is 1. The van der Waals surface area contributed by atoms with Crippen molar-refractivity contribution in [2.45, 2.75) is 153 Å². The quantitative estimate of drug-likeness (QED) is 0.193. The highest BCUT2D eigenvalue weighted by Crippen LogP contribution is 2.47. The van der Waals surface area contributed by atoms with Crippen molar-refractivity contribution < 1.29 is 33.6 Å². The van der Waals surface area contributed by atoms with E-state index in [1.807, 2.05) is 62.9 Å². The van der Waals surface area contributed by atoms with Gasteiger partial charge in [-0.3, -0.25) is 43.4 Å². The number of nitrogens with one attached hydrogen (secondary N) is 4. The highest BCUT2D eigenvalue weighted by Gasteiger charge is 2.64. The van der Waals surface area contributed by atoms with Crippen LogP contribution in [0, 0.1) is 11.3 Å². The van der Waals surface area contributed by atoms with Gasteiger partial charge in [0.05, 0.1) is 24.8 Å². The third kappa shape index (κ3) is 9.48. The van der Waals surface area contributed by atoms with E-state index in [1.165, 1.54) is 23.5 Å². The van der Waals surface area contributed by atoms with E-state index in [1.54, 1.807) is 0 Å². The van der Waals surface area contributed by atoms with Gasteiger partial charge < -0.3 is 31.1 Å². The van der Waals surface area contributed by atoms with Crippen molar-refractivity contribution in [1.82, 2.24) is 45.9 Å². The topological polar surface area (TPSA) is 203 Å². The Bertz CT molecular complexity index is 1970. The summed E-state index contributed by atoms with van der Waals surface area (Å²) in [6.45, 7) is 8.17. The molecule has 1 spiro atoms. The van der Waals surface area contributed by atoms with Gasteiger partial charge in [-0.05, 0) is 61.8 Å². The predicted octanol–water partition coefficient (Wildman–Crippen LogP) is 2.62. The van der Waals surface area contributed by atoms with E-state index in [2.05, 4.69) is 36.1 Å². The van der Waals surface area contributed by atoms with Crippen molar-refractivity contribution in [2.75, 3.05) is 13.1 Å². The van der Waals surface area contributed by atoms with Crippen molar-refractivity contribution in [3.63, 3.8) is 0 Å². The average Bonchev–Trinajstić information content (AvgIpc) is 3.68. The monoisotopic (exact) mass is 839 g/mol. The number of Topliss-reactive ketones (excluding diaryl/α,β-unsaturated/α-hetero) is 1. The number of carbonyl (C=O) groups excluding carboxylic acids is 7. The Kier molecular flexibility index (Phi) is 13.2. The van der Waals surface area contributed by atoms with Crippen molar-refractivity contribution in [3.8, 4) is 0 Å². The third-order valence-electron chi connectivity index (χ3n) is 13.2. The van der Waals surface area contributed by atoms with Crippen molar-refractivity contribution in [2.24, 2.45) is 11.3 Å². The maximum absolute atomic E-state index is 15.4. The second kappa shape index (κ2) is 18.4. The summed E-state index contributed by atoms with van der Waals surface area (Å²) < 4.78 is 0. The van der Waals surface area contributed by atoms with Crippen LogP contribution >= 0.6 is 0 Å². The van der Waals surface area contributed by atoms with E-state index in [-0.39, 0.29) is 49.5 Å². The van der Waals surface area contributed by atoms with E-state index in [4.69, 9.17) is 0 Å². The third-order valence-corrected chi connectivity index (χ3v) is 13.2. The van der Waals surface area contributed by atoms with Crippen molar-refractivity contribution in [3.05, 3.63) is 60.2 Å². The zero-order valence-electron chi connectivity index (χ0n) is 35.9. The number of carbonyl (C=O) groups is 7. The Morgan fingerprint density at radius 3 is 2.30 bits per heavy atom. The molecule has 16 heteroatoms. The molecule has 4 N–H and O–H groups in total. The SMILES string of the molecule is CCCC(NC(=O)[C@@H]1CC2(CN1C(=O)[C@@H](NC(=O)[C@@H](NC(=O)c1cnccn1)C1CCCCC1)C(C)(C)C)N(Cc1ccccc1)C(=O)[C@H]1CCCN12)C(=O)C(=O)NC1CC1. The summed E-state index contributed by atoms with van der Waals surface area (Å²) in [5, 5.41) is 11.5. The van der Waals surface area contributed by atoms with Gasteiger partial charge in [0.25, 0.3) is 11.8 Å². The van der Waals surface area contributed by atoms with Gasteiger partial charge in [-0.1, -0.05) is 83.7 Å². The molecule has 16 nitrogen and oxygen atoms in total. The normalized spacial score (nSPS) is 24.5. The van der Waals surface area contributed by atoms with Crippen LogP contribution in [0.3, 0.4) is 0 Å². The Hall–Kier alpha value is -5.25. The Labute approximate surface area is 357 Å². The number of benzene rings is 1. The molecule has 61 heavy (non-hydrogen) atoms. The molecule has 4 heterocycles. The smallest absolute Gasteiger partial charge is 0.289 e. The molecule has 5 fully saturated rings. The molecular weight excluding hydrogens is 779 g/mol. The lowest BCUT2D eigenvalue weighted by atomic mass is 9.82. The number of hydrogen-bond acceptors (Lipinski definition) is 10. The van der Waals surface area contributed by atoms with Crippen LogP contribution < -0.4 is 21.3 Å². The van der Waals surface area contributed by atoms with Crippen LogP contribution in [0.5, 0.6) is 0 Å². The molecule has 2 saturated carbocycles. The molecule has 2 aliphatic carbocycles. The van der Waals surface area contributed by atoms with Crippen molar-refractivity contribution in [1.29, 1.82) is 0 Å². The largest absolute Gasteiger partial charge is 0.347 e. The molecule has 2 unspecified atom stereocenters. The van der Waals surface area contributed by atoms with Crippen LogP contribution in [-0.2, 0) is 35.3 Å². The number of amides is 6. The molecule has 3 aliphatic heterocycles. The first kappa shape index (κ1) is 43.8. The Morgan fingerprint density at radius 1 is 0.902 bits per heavy atom. The minimum Gasteiger partial charge on any atom is -0.347 e. The summed E-state index contributed by atoms with van der Waals surface area (Å²) in [5.74, 6) is -3.96. The van der Waals surface area contributed by atoms with Crippen LogP contribution in [0.2, 0.25) is 0 Å². The number of nitrogens with zero attached hydrogens (tertiary/aromatic N) is 5. The van der Waals surface area contributed by atoms with Gasteiger partial charge in [0.15, 0.2) is 0 Å². The molecular formula is C45H61N9O7. The van der Waals surface area contributed by atoms with Crippen LogP contribution in [0.25, 0.3) is 0 Å². The minimum atomic E-state index is -1.17. The number of aromatic nitrogens is 2. The summed E-state index contributed by atoms with van der Waals surface area (Å²) in [6, 6.07) is 4.69. The second-order valence-electron chi connectivity index (χ2n) is 18.6. The van der Waals surface area contributed by atoms with Crippen LogP contribution in [0.4, 0.5) is 0 Å². The molecule has 6 amide bonds. The van der Waals surface area contributed by atoms with Crippen LogP contribution in [-0.4, -0.2) is 121 Å². The predicted molar refractivity (Wildman–Crippen MR) is 224 cm³/mol.